The topological polar surface area (TPSA) is 30.7 Å². The Bertz CT molecular complexity index is 193. The normalized spacial score (nSPS) is 9.00. The van der Waals surface area contributed by atoms with Gasteiger partial charge in [0.1, 0.15) is 12.2 Å². The molecule has 70 valence electrons. The first-order valence-electron chi connectivity index (χ1n) is 4.69. The summed E-state index contributed by atoms with van der Waals surface area (Å²) in [6.07, 6.45) is 3.99. The maximum atomic E-state index is 4.06. The van der Waals surface area contributed by atoms with Crippen molar-refractivity contribution in [3.05, 3.63) is 12.2 Å². The minimum Gasteiger partial charge on any atom is -0.250 e. The van der Waals surface area contributed by atoms with E-state index in [1.54, 1.807) is 6.33 Å². The molecule has 0 aromatic carbocycles. The molecule has 0 spiro atoms. The monoisotopic (exact) mass is 169 g/mol. The van der Waals surface area contributed by atoms with Gasteiger partial charge in [0.05, 0.1) is 0 Å². The molecule has 1 aromatic rings. The highest BCUT2D eigenvalue weighted by atomic mass is 15.3. The van der Waals surface area contributed by atoms with E-state index in [0.29, 0.717) is 0 Å². The standard InChI is InChI=1S/C7H13N3.C2H6/c1-3-4-5-10-7(2)8-6-9-10;1-2/h6H,3-5H2,1-2H3;1-2H3. The van der Waals surface area contributed by atoms with Gasteiger partial charge in [-0.3, -0.25) is 4.68 Å². The Morgan fingerprint density at radius 1 is 1.42 bits per heavy atom. The molecule has 0 saturated carbocycles. The van der Waals surface area contributed by atoms with Crippen molar-refractivity contribution in [3.63, 3.8) is 0 Å². The van der Waals surface area contributed by atoms with Gasteiger partial charge in [0.25, 0.3) is 0 Å². The Morgan fingerprint density at radius 3 is 2.50 bits per heavy atom. The molecule has 0 aliphatic rings. The SMILES string of the molecule is CC.CCCCn1ncnc1C. The van der Waals surface area contributed by atoms with Gasteiger partial charge in [0.15, 0.2) is 0 Å². The number of unbranched alkanes of at least 4 members (excludes halogenated alkanes) is 1. The maximum absolute atomic E-state index is 4.06. The van der Waals surface area contributed by atoms with E-state index >= 15 is 0 Å². The van der Waals surface area contributed by atoms with Crippen LogP contribution in [0.2, 0.25) is 0 Å². The van der Waals surface area contributed by atoms with Crippen molar-refractivity contribution in [3.8, 4) is 0 Å². The van der Waals surface area contributed by atoms with E-state index < -0.39 is 0 Å². The molecule has 0 unspecified atom stereocenters. The van der Waals surface area contributed by atoms with Crippen LogP contribution in [0.15, 0.2) is 6.33 Å². The lowest BCUT2D eigenvalue weighted by Gasteiger charge is -1.98. The summed E-state index contributed by atoms with van der Waals surface area (Å²) in [5.74, 6) is 1.01. The Kier molecular flexibility index (Phi) is 6.34. The smallest absolute Gasteiger partial charge is 0.138 e. The Labute approximate surface area is 74.8 Å². The fourth-order valence-corrected chi connectivity index (χ4v) is 0.849. The molecule has 0 N–H and O–H groups in total. The Morgan fingerprint density at radius 2 is 2.08 bits per heavy atom. The van der Waals surface area contributed by atoms with Gasteiger partial charge in [0, 0.05) is 6.54 Å². The average molecular weight is 169 g/mol. The molecule has 0 saturated heterocycles. The second kappa shape index (κ2) is 6.83. The van der Waals surface area contributed by atoms with E-state index in [-0.39, 0.29) is 0 Å². The predicted octanol–water partition coefficient (Wildman–Crippen LogP) is 2.41. The maximum Gasteiger partial charge on any atom is 0.138 e. The van der Waals surface area contributed by atoms with Gasteiger partial charge in [-0.1, -0.05) is 27.2 Å². The summed E-state index contributed by atoms with van der Waals surface area (Å²) in [6, 6.07) is 0. The van der Waals surface area contributed by atoms with Crippen molar-refractivity contribution >= 4 is 0 Å². The first-order chi connectivity index (χ1) is 5.84. The molecule has 1 rings (SSSR count). The number of nitrogens with zero attached hydrogens (tertiary/aromatic N) is 3. The van der Waals surface area contributed by atoms with Crippen LogP contribution >= 0.6 is 0 Å². The highest BCUT2D eigenvalue weighted by molar-refractivity contribution is 4.77. The third-order valence-electron chi connectivity index (χ3n) is 1.53. The molecule has 0 fully saturated rings. The van der Waals surface area contributed by atoms with Crippen molar-refractivity contribution in [2.45, 2.75) is 47.1 Å². The van der Waals surface area contributed by atoms with Crippen LogP contribution in [-0.4, -0.2) is 14.8 Å². The molecule has 0 amide bonds. The highest BCUT2D eigenvalue weighted by Crippen LogP contribution is 1.95. The molecule has 3 heteroatoms. The third-order valence-corrected chi connectivity index (χ3v) is 1.53. The van der Waals surface area contributed by atoms with Crippen LogP contribution < -0.4 is 0 Å². The van der Waals surface area contributed by atoms with E-state index in [0.717, 1.165) is 12.4 Å². The van der Waals surface area contributed by atoms with Crippen molar-refractivity contribution in [1.82, 2.24) is 14.8 Å². The van der Waals surface area contributed by atoms with E-state index in [4.69, 9.17) is 0 Å². The molecule has 1 heterocycles. The quantitative estimate of drug-likeness (QED) is 0.695. The van der Waals surface area contributed by atoms with Gasteiger partial charge in [0.2, 0.25) is 0 Å². The van der Waals surface area contributed by atoms with Crippen molar-refractivity contribution in [1.29, 1.82) is 0 Å². The minimum atomic E-state index is 1.00. The molecule has 3 nitrogen and oxygen atoms in total. The summed E-state index contributed by atoms with van der Waals surface area (Å²) in [4.78, 5) is 4.02. The molecule has 0 radical (unpaired) electrons. The van der Waals surface area contributed by atoms with Crippen molar-refractivity contribution in [2.24, 2.45) is 0 Å². The van der Waals surface area contributed by atoms with Crippen LogP contribution in [-0.2, 0) is 6.54 Å². The summed E-state index contributed by atoms with van der Waals surface area (Å²) in [6.45, 7) is 9.15. The molecule has 1 aromatic heterocycles. The summed E-state index contributed by atoms with van der Waals surface area (Å²) < 4.78 is 1.93. The molecule has 0 aliphatic carbocycles. The molecule has 0 aliphatic heterocycles. The van der Waals surface area contributed by atoms with Gasteiger partial charge in [-0.2, -0.15) is 5.10 Å². The van der Waals surface area contributed by atoms with Crippen LogP contribution in [0.5, 0.6) is 0 Å². The van der Waals surface area contributed by atoms with Gasteiger partial charge >= 0.3 is 0 Å². The lowest BCUT2D eigenvalue weighted by molar-refractivity contribution is 0.556. The molecular formula is C9H19N3. The summed E-state index contributed by atoms with van der Waals surface area (Å²) >= 11 is 0. The zero-order valence-electron chi connectivity index (χ0n) is 8.54. The first kappa shape index (κ1) is 11.1. The molecule has 12 heavy (non-hydrogen) atoms. The van der Waals surface area contributed by atoms with Crippen LogP contribution in [0.3, 0.4) is 0 Å². The second-order valence-electron chi connectivity index (χ2n) is 2.38. The summed E-state index contributed by atoms with van der Waals surface area (Å²) in [5.41, 5.74) is 0. The Hall–Kier alpha value is -0.860. The zero-order valence-corrected chi connectivity index (χ0v) is 8.54. The lowest BCUT2D eigenvalue weighted by Crippen LogP contribution is -2.01. The average Bonchev–Trinajstić information content (AvgIpc) is 2.51. The van der Waals surface area contributed by atoms with Crippen LogP contribution in [0.25, 0.3) is 0 Å². The Balaban J connectivity index is 0.000000561. The van der Waals surface area contributed by atoms with Crippen molar-refractivity contribution < 1.29 is 0 Å². The highest BCUT2D eigenvalue weighted by Gasteiger charge is 1.94. The largest absolute Gasteiger partial charge is 0.250 e. The van der Waals surface area contributed by atoms with E-state index in [2.05, 4.69) is 17.0 Å². The van der Waals surface area contributed by atoms with E-state index in [9.17, 15) is 0 Å². The summed E-state index contributed by atoms with van der Waals surface area (Å²) in [7, 11) is 0. The number of aromatic nitrogens is 3. The van der Waals surface area contributed by atoms with E-state index in [1.165, 1.54) is 12.8 Å². The third kappa shape index (κ3) is 3.51. The van der Waals surface area contributed by atoms with Crippen LogP contribution in [0.4, 0.5) is 0 Å². The van der Waals surface area contributed by atoms with Gasteiger partial charge in [-0.15, -0.1) is 0 Å². The van der Waals surface area contributed by atoms with E-state index in [1.807, 2.05) is 25.5 Å². The molecular weight excluding hydrogens is 150 g/mol. The minimum absolute atomic E-state index is 1.00. The number of aryl methyl sites for hydroxylation is 2. The lowest BCUT2D eigenvalue weighted by atomic mass is 10.3. The van der Waals surface area contributed by atoms with Gasteiger partial charge in [-0.05, 0) is 13.3 Å². The molecule has 0 atom stereocenters. The van der Waals surface area contributed by atoms with Crippen molar-refractivity contribution in [2.75, 3.05) is 0 Å². The summed E-state index contributed by atoms with van der Waals surface area (Å²) in [5, 5.41) is 4.06. The predicted molar refractivity (Wildman–Crippen MR) is 51.0 cm³/mol. The van der Waals surface area contributed by atoms with Gasteiger partial charge in [-0.25, -0.2) is 4.98 Å². The number of hydrogen-bond donors (Lipinski definition) is 0. The van der Waals surface area contributed by atoms with Crippen LogP contribution in [0, 0.1) is 6.92 Å². The first-order valence-corrected chi connectivity index (χ1v) is 4.69. The number of hydrogen-bond acceptors (Lipinski definition) is 2. The van der Waals surface area contributed by atoms with Crippen LogP contribution in [0.1, 0.15) is 39.4 Å². The fraction of sp³-hybridized carbons (Fsp3) is 0.778. The van der Waals surface area contributed by atoms with Gasteiger partial charge < -0.3 is 0 Å². The molecule has 0 bridgehead atoms. The second-order valence-corrected chi connectivity index (χ2v) is 2.38. The number of rotatable bonds is 3. The fourth-order valence-electron chi connectivity index (χ4n) is 0.849. The zero-order chi connectivity index (χ0) is 9.40.